The Morgan fingerprint density at radius 1 is 1.40 bits per heavy atom. The standard InChI is InChI=1S/C14H16N4OS/c1-8(12-7-20-9(2)18-12)17-14(19)11-5-15-13(16-6-11)10-3-4-10/h5-8,10H,3-4H2,1-2H3,(H,17,19)/t8-/m0/s1. The van der Waals surface area contributed by atoms with Crippen molar-refractivity contribution in [2.24, 2.45) is 0 Å². The van der Waals surface area contributed by atoms with Crippen molar-refractivity contribution in [1.82, 2.24) is 20.3 Å². The number of nitrogens with one attached hydrogen (secondary N) is 1. The number of thiazole rings is 1. The first-order valence-corrected chi connectivity index (χ1v) is 7.56. The Bertz CT molecular complexity index is 618. The highest BCUT2D eigenvalue weighted by atomic mass is 32.1. The number of nitrogens with zero attached hydrogens (tertiary/aromatic N) is 3. The van der Waals surface area contributed by atoms with E-state index >= 15 is 0 Å². The van der Waals surface area contributed by atoms with Gasteiger partial charge >= 0.3 is 0 Å². The minimum absolute atomic E-state index is 0.115. The molecule has 1 amide bonds. The molecule has 5 nitrogen and oxygen atoms in total. The van der Waals surface area contributed by atoms with E-state index in [1.807, 2.05) is 19.2 Å². The summed E-state index contributed by atoms with van der Waals surface area (Å²) < 4.78 is 0. The molecule has 0 saturated heterocycles. The van der Waals surface area contributed by atoms with Gasteiger partial charge in [0.1, 0.15) is 5.82 Å². The molecule has 1 aliphatic rings. The lowest BCUT2D eigenvalue weighted by atomic mass is 10.2. The lowest BCUT2D eigenvalue weighted by Crippen LogP contribution is -2.27. The molecule has 1 atom stereocenters. The maximum Gasteiger partial charge on any atom is 0.254 e. The lowest BCUT2D eigenvalue weighted by Gasteiger charge is -2.11. The highest BCUT2D eigenvalue weighted by molar-refractivity contribution is 7.09. The van der Waals surface area contributed by atoms with E-state index in [-0.39, 0.29) is 11.9 Å². The molecular formula is C14H16N4OS. The minimum atomic E-state index is -0.162. The molecule has 6 heteroatoms. The summed E-state index contributed by atoms with van der Waals surface area (Å²) in [5.74, 6) is 1.19. The number of rotatable bonds is 4. The summed E-state index contributed by atoms with van der Waals surface area (Å²) in [6, 6.07) is -0.115. The SMILES string of the molecule is Cc1nc([C@H](C)NC(=O)c2cnc(C3CC3)nc2)cs1. The Labute approximate surface area is 121 Å². The van der Waals surface area contributed by atoms with Gasteiger partial charge in [0.25, 0.3) is 5.91 Å². The third-order valence-corrected chi connectivity index (χ3v) is 4.10. The zero-order chi connectivity index (χ0) is 14.1. The Morgan fingerprint density at radius 2 is 2.10 bits per heavy atom. The summed E-state index contributed by atoms with van der Waals surface area (Å²) >= 11 is 1.58. The van der Waals surface area contributed by atoms with Crippen molar-refractivity contribution >= 4 is 17.2 Å². The van der Waals surface area contributed by atoms with Gasteiger partial charge in [0.15, 0.2) is 0 Å². The van der Waals surface area contributed by atoms with Gasteiger partial charge in [-0.25, -0.2) is 15.0 Å². The van der Waals surface area contributed by atoms with Crippen molar-refractivity contribution in [3.63, 3.8) is 0 Å². The number of carbonyl (C=O) groups excluding carboxylic acids is 1. The van der Waals surface area contributed by atoms with Crippen molar-refractivity contribution in [3.05, 3.63) is 39.9 Å². The first-order chi connectivity index (χ1) is 9.63. The first kappa shape index (κ1) is 13.2. The van der Waals surface area contributed by atoms with Crippen molar-refractivity contribution in [2.45, 2.75) is 38.6 Å². The third-order valence-electron chi connectivity index (χ3n) is 3.30. The number of aromatic nitrogens is 3. The maximum absolute atomic E-state index is 12.1. The Hall–Kier alpha value is -1.82. The number of aryl methyl sites for hydroxylation is 1. The van der Waals surface area contributed by atoms with E-state index in [1.54, 1.807) is 23.7 Å². The maximum atomic E-state index is 12.1. The Kier molecular flexibility index (Phi) is 3.48. The van der Waals surface area contributed by atoms with Crippen molar-refractivity contribution in [1.29, 1.82) is 0 Å². The summed E-state index contributed by atoms with van der Waals surface area (Å²) in [4.78, 5) is 25.0. The molecule has 2 aromatic heterocycles. The number of hydrogen-bond donors (Lipinski definition) is 1. The Balaban J connectivity index is 1.66. The second kappa shape index (κ2) is 5.28. The molecule has 0 aliphatic heterocycles. The van der Waals surface area contributed by atoms with Crippen LogP contribution in [0.15, 0.2) is 17.8 Å². The lowest BCUT2D eigenvalue weighted by molar-refractivity contribution is 0.0938. The molecular weight excluding hydrogens is 272 g/mol. The molecule has 2 heterocycles. The highest BCUT2D eigenvalue weighted by Crippen LogP contribution is 2.37. The van der Waals surface area contributed by atoms with Gasteiger partial charge in [-0.05, 0) is 26.7 Å². The average molecular weight is 288 g/mol. The van der Waals surface area contributed by atoms with Crippen LogP contribution in [0.25, 0.3) is 0 Å². The van der Waals surface area contributed by atoms with Crippen LogP contribution in [0, 0.1) is 6.92 Å². The molecule has 1 N–H and O–H groups in total. The molecule has 0 bridgehead atoms. The summed E-state index contributed by atoms with van der Waals surface area (Å²) in [6.45, 7) is 3.87. The fraction of sp³-hybridized carbons (Fsp3) is 0.429. The molecule has 1 aliphatic carbocycles. The molecule has 0 aromatic carbocycles. The normalized spacial score (nSPS) is 15.9. The molecule has 1 saturated carbocycles. The summed E-state index contributed by atoms with van der Waals surface area (Å²) in [5.41, 5.74) is 1.38. The molecule has 2 aromatic rings. The van der Waals surface area contributed by atoms with Gasteiger partial charge in [-0.15, -0.1) is 11.3 Å². The van der Waals surface area contributed by atoms with Crippen LogP contribution in [0.1, 0.15) is 58.6 Å². The second-order valence-corrected chi connectivity index (χ2v) is 6.15. The molecule has 20 heavy (non-hydrogen) atoms. The fourth-order valence-electron chi connectivity index (χ4n) is 1.94. The third kappa shape index (κ3) is 2.85. The molecule has 0 radical (unpaired) electrons. The van der Waals surface area contributed by atoms with E-state index in [9.17, 15) is 4.79 Å². The summed E-state index contributed by atoms with van der Waals surface area (Å²) in [6.07, 6.45) is 5.53. The largest absolute Gasteiger partial charge is 0.344 e. The van der Waals surface area contributed by atoms with Crippen LogP contribution in [-0.4, -0.2) is 20.9 Å². The Morgan fingerprint density at radius 3 is 2.65 bits per heavy atom. The topological polar surface area (TPSA) is 67.8 Å². The van der Waals surface area contributed by atoms with Crippen molar-refractivity contribution in [3.8, 4) is 0 Å². The molecule has 1 fully saturated rings. The van der Waals surface area contributed by atoms with Gasteiger partial charge in [-0.3, -0.25) is 4.79 Å². The molecule has 104 valence electrons. The van der Waals surface area contributed by atoms with Crippen molar-refractivity contribution in [2.75, 3.05) is 0 Å². The van der Waals surface area contributed by atoms with E-state index in [1.165, 1.54) is 0 Å². The summed E-state index contributed by atoms with van der Waals surface area (Å²) in [5, 5.41) is 5.88. The quantitative estimate of drug-likeness (QED) is 0.939. The predicted molar refractivity (Wildman–Crippen MR) is 76.7 cm³/mol. The second-order valence-electron chi connectivity index (χ2n) is 5.09. The highest BCUT2D eigenvalue weighted by Gasteiger charge is 2.26. The van der Waals surface area contributed by atoms with Crippen LogP contribution in [0.2, 0.25) is 0 Å². The first-order valence-electron chi connectivity index (χ1n) is 6.68. The number of hydrogen-bond acceptors (Lipinski definition) is 5. The van der Waals surface area contributed by atoms with Crippen LogP contribution in [-0.2, 0) is 0 Å². The monoisotopic (exact) mass is 288 g/mol. The predicted octanol–water partition coefficient (Wildman–Crippen LogP) is 2.61. The minimum Gasteiger partial charge on any atom is -0.344 e. The number of carbonyl (C=O) groups is 1. The fourth-order valence-corrected chi connectivity index (χ4v) is 2.65. The van der Waals surface area contributed by atoms with Gasteiger partial charge < -0.3 is 5.32 Å². The van der Waals surface area contributed by atoms with Gasteiger partial charge in [-0.1, -0.05) is 0 Å². The van der Waals surface area contributed by atoms with Gasteiger partial charge in [0.2, 0.25) is 0 Å². The summed E-state index contributed by atoms with van der Waals surface area (Å²) in [7, 11) is 0. The smallest absolute Gasteiger partial charge is 0.254 e. The molecule has 0 unspecified atom stereocenters. The zero-order valence-electron chi connectivity index (χ0n) is 11.5. The van der Waals surface area contributed by atoms with E-state index in [0.29, 0.717) is 11.5 Å². The van der Waals surface area contributed by atoms with Crippen LogP contribution in [0.3, 0.4) is 0 Å². The van der Waals surface area contributed by atoms with Gasteiger partial charge in [0, 0.05) is 23.7 Å². The molecule has 0 spiro atoms. The van der Waals surface area contributed by atoms with Crippen molar-refractivity contribution < 1.29 is 4.79 Å². The van der Waals surface area contributed by atoms with Gasteiger partial charge in [0.05, 0.1) is 22.3 Å². The van der Waals surface area contributed by atoms with Crippen LogP contribution in [0.5, 0.6) is 0 Å². The average Bonchev–Trinajstić information content (AvgIpc) is 3.20. The van der Waals surface area contributed by atoms with Crippen LogP contribution in [0.4, 0.5) is 0 Å². The van der Waals surface area contributed by atoms with E-state index in [0.717, 1.165) is 29.4 Å². The van der Waals surface area contributed by atoms with Crippen LogP contribution >= 0.6 is 11.3 Å². The number of amides is 1. The van der Waals surface area contributed by atoms with Crippen LogP contribution < -0.4 is 5.32 Å². The molecule has 3 rings (SSSR count). The van der Waals surface area contributed by atoms with E-state index in [2.05, 4.69) is 20.3 Å². The van der Waals surface area contributed by atoms with Gasteiger partial charge in [-0.2, -0.15) is 0 Å². The van der Waals surface area contributed by atoms with E-state index < -0.39 is 0 Å². The van der Waals surface area contributed by atoms with E-state index in [4.69, 9.17) is 0 Å². The zero-order valence-corrected chi connectivity index (χ0v) is 12.3.